The van der Waals surface area contributed by atoms with E-state index in [-0.39, 0.29) is 5.54 Å². The number of fused-ring (bicyclic) bond motifs is 3. The lowest BCUT2D eigenvalue weighted by Gasteiger charge is -2.38. The summed E-state index contributed by atoms with van der Waals surface area (Å²) in [4.78, 5) is 4.86. The molecule has 3 heterocycles. The largest absolute Gasteiger partial charge is 0.321 e. The molecule has 0 saturated heterocycles. The third-order valence-electron chi connectivity index (χ3n) is 6.59. The molecule has 1 aliphatic rings. The maximum Gasteiger partial charge on any atom is 0.297 e. The summed E-state index contributed by atoms with van der Waals surface area (Å²) in [6.45, 7) is 2.02. The molecule has 0 bridgehead atoms. The van der Waals surface area contributed by atoms with Crippen LogP contribution >= 0.6 is 0 Å². The van der Waals surface area contributed by atoms with Gasteiger partial charge in [-0.1, -0.05) is 47.1 Å². The molecule has 0 unspecified atom stereocenters. The third kappa shape index (κ3) is 2.85. The Labute approximate surface area is 180 Å². The molecule has 5 aromatic rings. The lowest BCUT2D eigenvalue weighted by atomic mass is 9.73. The topological polar surface area (TPSA) is 60.8 Å². The van der Waals surface area contributed by atoms with Crippen LogP contribution in [-0.2, 0) is 5.54 Å². The van der Waals surface area contributed by atoms with Gasteiger partial charge >= 0.3 is 0 Å². The predicted molar refractivity (Wildman–Crippen MR) is 122 cm³/mol. The molecule has 1 fully saturated rings. The highest BCUT2D eigenvalue weighted by atomic mass is 15.4. The van der Waals surface area contributed by atoms with E-state index in [1.54, 1.807) is 0 Å². The SMILES string of the molecule is Cc1nn(-c2ccc(C3(N)CCC3)cc2)c2c3ncc(-c4ccccc4)cc3cc[n+]12. The van der Waals surface area contributed by atoms with Crippen LogP contribution in [0.25, 0.3) is 33.4 Å². The summed E-state index contributed by atoms with van der Waals surface area (Å²) >= 11 is 0. The van der Waals surface area contributed by atoms with Gasteiger partial charge < -0.3 is 5.73 Å². The Morgan fingerprint density at radius 1 is 0.968 bits per heavy atom. The molecule has 6 rings (SSSR count). The van der Waals surface area contributed by atoms with Crippen molar-refractivity contribution in [1.82, 2.24) is 14.8 Å². The van der Waals surface area contributed by atoms with Gasteiger partial charge in [0.05, 0.1) is 6.20 Å². The number of rotatable bonds is 3. The van der Waals surface area contributed by atoms with Crippen molar-refractivity contribution < 1.29 is 4.40 Å². The van der Waals surface area contributed by atoms with Crippen LogP contribution < -0.4 is 10.1 Å². The van der Waals surface area contributed by atoms with E-state index in [0.29, 0.717) is 0 Å². The zero-order valence-electron chi connectivity index (χ0n) is 17.5. The minimum atomic E-state index is -0.155. The number of hydrogen-bond acceptors (Lipinski definition) is 3. The molecular weight excluding hydrogens is 382 g/mol. The Balaban J connectivity index is 1.51. The number of aromatic nitrogens is 4. The molecule has 0 radical (unpaired) electrons. The average Bonchev–Trinajstić information content (AvgIpc) is 3.14. The first-order valence-electron chi connectivity index (χ1n) is 10.8. The van der Waals surface area contributed by atoms with Crippen molar-refractivity contribution in [3.63, 3.8) is 0 Å². The zero-order chi connectivity index (χ0) is 21.0. The third-order valence-corrected chi connectivity index (χ3v) is 6.59. The number of nitrogens with zero attached hydrogens (tertiary/aromatic N) is 4. The number of benzene rings is 2. The van der Waals surface area contributed by atoms with E-state index < -0.39 is 0 Å². The van der Waals surface area contributed by atoms with E-state index >= 15 is 0 Å². The van der Waals surface area contributed by atoms with E-state index in [2.05, 4.69) is 71.3 Å². The summed E-state index contributed by atoms with van der Waals surface area (Å²) in [6.07, 6.45) is 7.35. The van der Waals surface area contributed by atoms with Gasteiger partial charge in [0.15, 0.2) is 0 Å². The van der Waals surface area contributed by atoms with E-state index in [1.807, 2.05) is 23.9 Å². The van der Waals surface area contributed by atoms with Gasteiger partial charge in [0.25, 0.3) is 11.5 Å². The molecule has 0 amide bonds. The summed E-state index contributed by atoms with van der Waals surface area (Å²) < 4.78 is 4.09. The van der Waals surface area contributed by atoms with Crippen LogP contribution in [0.2, 0.25) is 0 Å². The molecule has 0 spiro atoms. The van der Waals surface area contributed by atoms with Crippen LogP contribution in [0.4, 0.5) is 0 Å². The monoisotopic (exact) mass is 406 g/mol. The van der Waals surface area contributed by atoms with E-state index in [9.17, 15) is 0 Å². The molecule has 2 aromatic carbocycles. The highest BCUT2D eigenvalue weighted by Gasteiger charge is 2.34. The van der Waals surface area contributed by atoms with Crippen LogP contribution in [0.15, 0.2) is 79.1 Å². The second kappa shape index (κ2) is 6.72. The van der Waals surface area contributed by atoms with Crippen molar-refractivity contribution in [3.8, 4) is 16.8 Å². The molecule has 1 aliphatic carbocycles. The number of nitrogens with two attached hydrogens (primary N) is 1. The lowest BCUT2D eigenvalue weighted by Crippen LogP contribution is -2.43. The number of hydrogen-bond donors (Lipinski definition) is 1. The quantitative estimate of drug-likeness (QED) is 0.450. The van der Waals surface area contributed by atoms with Gasteiger partial charge in [-0.15, -0.1) is 0 Å². The molecule has 5 heteroatoms. The summed E-state index contributed by atoms with van der Waals surface area (Å²) in [5.41, 5.74) is 12.7. The van der Waals surface area contributed by atoms with Gasteiger partial charge in [-0.05, 0) is 54.7 Å². The Morgan fingerprint density at radius 3 is 2.45 bits per heavy atom. The van der Waals surface area contributed by atoms with Gasteiger partial charge in [0.1, 0.15) is 11.2 Å². The molecule has 3 aromatic heterocycles. The maximum absolute atomic E-state index is 6.51. The summed E-state index contributed by atoms with van der Waals surface area (Å²) in [6, 6.07) is 23.2. The van der Waals surface area contributed by atoms with Gasteiger partial charge in [-0.3, -0.25) is 0 Å². The van der Waals surface area contributed by atoms with Gasteiger partial charge in [0.2, 0.25) is 0 Å². The van der Waals surface area contributed by atoms with Crippen LogP contribution in [-0.4, -0.2) is 14.8 Å². The fourth-order valence-electron chi connectivity index (χ4n) is 4.59. The number of pyridine rings is 2. The van der Waals surface area contributed by atoms with Crippen molar-refractivity contribution in [2.45, 2.75) is 31.7 Å². The first kappa shape index (κ1) is 18.2. The fourth-order valence-corrected chi connectivity index (χ4v) is 4.59. The fraction of sp³-hybridized carbons (Fsp3) is 0.192. The average molecular weight is 407 g/mol. The van der Waals surface area contributed by atoms with E-state index in [4.69, 9.17) is 15.8 Å². The highest BCUT2D eigenvalue weighted by Crippen LogP contribution is 2.38. The molecular formula is C26H24N5+. The van der Waals surface area contributed by atoms with Crippen molar-refractivity contribution in [2.24, 2.45) is 5.73 Å². The summed E-state index contributed by atoms with van der Waals surface area (Å²) in [7, 11) is 0. The molecule has 5 nitrogen and oxygen atoms in total. The normalized spacial score (nSPS) is 15.3. The second-order valence-corrected chi connectivity index (χ2v) is 8.55. The van der Waals surface area contributed by atoms with Gasteiger partial charge in [0, 0.05) is 34.7 Å². The Hall–Kier alpha value is -3.57. The van der Waals surface area contributed by atoms with Crippen molar-refractivity contribution in [2.75, 3.05) is 0 Å². The maximum atomic E-state index is 6.51. The minimum Gasteiger partial charge on any atom is -0.321 e. The highest BCUT2D eigenvalue weighted by molar-refractivity contribution is 5.91. The van der Waals surface area contributed by atoms with Gasteiger partial charge in [-0.25, -0.2) is 4.98 Å². The van der Waals surface area contributed by atoms with Crippen molar-refractivity contribution in [3.05, 3.63) is 90.5 Å². The molecule has 152 valence electrons. The van der Waals surface area contributed by atoms with E-state index in [0.717, 1.165) is 52.0 Å². The van der Waals surface area contributed by atoms with Crippen LogP contribution in [0, 0.1) is 6.92 Å². The number of aryl methyl sites for hydroxylation is 1. The van der Waals surface area contributed by atoms with Crippen molar-refractivity contribution in [1.29, 1.82) is 0 Å². The second-order valence-electron chi connectivity index (χ2n) is 8.55. The molecule has 2 N–H and O–H groups in total. The molecule has 0 atom stereocenters. The standard InChI is InChI=1S/C26H24N5/c1-18-29-31(23-10-8-22(9-11-23)26(27)13-5-14-26)25-24-20(12-15-30(18)25)16-21(17-28-24)19-6-3-2-4-7-19/h2-4,6-12,15-17H,5,13-14,27H2,1H3/q+1. The van der Waals surface area contributed by atoms with E-state index in [1.165, 1.54) is 12.0 Å². The first-order chi connectivity index (χ1) is 15.1. The smallest absolute Gasteiger partial charge is 0.297 e. The molecule has 0 aliphatic heterocycles. The Kier molecular flexibility index (Phi) is 3.95. The lowest BCUT2D eigenvalue weighted by molar-refractivity contribution is -0.519. The van der Waals surface area contributed by atoms with Gasteiger partial charge in [-0.2, -0.15) is 4.40 Å². The molecule has 31 heavy (non-hydrogen) atoms. The van der Waals surface area contributed by atoms with Crippen LogP contribution in [0.3, 0.4) is 0 Å². The zero-order valence-corrected chi connectivity index (χ0v) is 17.5. The predicted octanol–water partition coefficient (Wildman–Crippen LogP) is 4.47. The van der Waals surface area contributed by atoms with Crippen LogP contribution in [0.1, 0.15) is 30.7 Å². The summed E-state index contributed by atoms with van der Waals surface area (Å²) in [5.74, 6) is 0.921. The first-order valence-corrected chi connectivity index (χ1v) is 10.8. The Morgan fingerprint density at radius 2 is 1.74 bits per heavy atom. The van der Waals surface area contributed by atoms with Crippen molar-refractivity contribution >= 4 is 16.6 Å². The van der Waals surface area contributed by atoms with Crippen LogP contribution in [0.5, 0.6) is 0 Å². The summed E-state index contributed by atoms with van der Waals surface area (Å²) in [5, 5.41) is 5.92. The molecule has 1 saturated carbocycles. The Bertz CT molecular complexity index is 1410. The minimum absolute atomic E-state index is 0.155.